The second kappa shape index (κ2) is 4.78. The number of rotatable bonds is 3. The fourth-order valence-corrected chi connectivity index (χ4v) is 1.35. The van der Waals surface area contributed by atoms with Gasteiger partial charge in [-0.25, -0.2) is 0 Å². The third-order valence-electron chi connectivity index (χ3n) is 2.23. The molecule has 0 fully saturated rings. The van der Waals surface area contributed by atoms with Crippen LogP contribution in [0, 0.1) is 18.3 Å². The second-order valence-corrected chi connectivity index (χ2v) is 3.24. The van der Waals surface area contributed by atoms with Gasteiger partial charge in [0.25, 0.3) is 0 Å². The van der Waals surface area contributed by atoms with E-state index in [9.17, 15) is 10.2 Å². The van der Waals surface area contributed by atoms with Gasteiger partial charge < -0.3 is 14.9 Å². The van der Waals surface area contributed by atoms with Gasteiger partial charge in [-0.3, -0.25) is 0 Å². The molecule has 1 aromatic rings. The van der Waals surface area contributed by atoms with Crippen LogP contribution in [-0.4, -0.2) is 23.4 Å². The molecule has 0 amide bonds. The highest BCUT2D eigenvalue weighted by atomic mass is 16.5. The summed E-state index contributed by atoms with van der Waals surface area (Å²) in [6.07, 6.45) is -2.59. The van der Waals surface area contributed by atoms with Gasteiger partial charge in [0.05, 0.1) is 13.2 Å². The minimum atomic E-state index is -1.41. The fourth-order valence-electron chi connectivity index (χ4n) is 1.35. The fraction of sp³-hybridized carbons (Fsp3) is 0.364. The maximum absolute atomic E-state index is 9.62. The normalized spacial score (nSPS) is 14.1. The average Bonchev–Trinajstić information content (AvgIpc) is 2.26. The summed E-state index contributed by atoms with van der Waals surface area (Å²) in [7, 11) is 1.55. The topological polar surface area (TPSA) is 73.5 Å². The predicted octanol–water partition coefficient (Wildman–Crippen LogP) is 0.921. The van der Waals surface area contributed by atoms with Crippen LogP contribution >= 0.6 is 0 Å². The van der Waals surface area contributed by atoms with Crippen molar-refractivity contribution in [1.82, 2.24) is 0 Å². The Hall–Kier alpha value is -1.57. The summed E-state index contributed by atoms with van der Waals surface area (Å²) < 4.78 is 5.01. The molecule has 15 heavy (non-hydrogen) atoms. The Morgan fingerprint density at radius 1 is 1.40 bits per heavy atom. The number of methoxy groups -OCH3 is 1. The minimum absolute atomic E-state index is 0.532. The quantitative estimate of drug-likeness (QED) is 0.723. The van der Waals surface area contributed by atoms with Gasteiger partial charge >= 0.3 is 0 Å². The maximum Gasteiger partial charge on any atom is 0.170 e. The largest absolute Gasteiger partial charge is 0.497 e. The van der Waals surface area contributed by atoms with Crippen LogP contribution in [0.1, 0.15) is 17.2 Å². The zero-order valence-electron chi connectivity index (χ0n) is 8.64. The number of nitriles is 1. The zero-order chi connectivity index (χ0) is 11.4. The van der Waals surface area contributed by atoms with Crippen molar-refractivity contribution in [3.63, 3.8) is 0 Å². The third-order valence-corrected chi connectivity index (χ3v) is 2.23. The molecule has 2 unspecified atom stereocenters. The van der Waals surface area contributed by atoms with Crippen molar-refractivity contribution in [3.05, 3.63) is 29.3 Å². The molecular weight excluding hydrogens is 194 g/mol. The van der Waals surface area contributed by atoms with E-state index in [4.69, 9.17) is 10.00 Å². The molecule has 0 aromatic heterocycles. The smallest absolute Gasteiger partial charge is 0.170 e. The number of benzene rings is 1. The third kappa shape index (κ3) is 2.46. The first-order valence-electron chi connectivity index (χ1n) is 4.50. The standard InChI is InChI=1S/C11H13NO3/c1-7-5-8(15-2)3-4-9(7)11(14)10(13)6-12/h3-5,10-11,13-14H,1-2H3. The summed E-state index contributed by atoms with van der Waals surface area (Å²) in [5.74, 6) is 0.676. The lowest BCUT2D eigenvalue weighted by molar-refractivity contribution is 0.0523. The summed E-state index contributed by atoms with van der Waals surface area (Å²) in [4.78, 5) is 0. The molecule has 4 heteroatoms. The highest BCUT2D eigenvalue weighted by Crippen LogP contribution is 2.24. The van der Waals surface area contributed by atoms with Crippen molar-refractivity contribution >= 4 is 0 Å². The number of nitrogens with zero attached hydrogens (tertiary/aromatic N) is 1. The van der Waals surface area contributed by atoms with Crippen molar-refractivity contribution in [2.24, 2.45) is 0 Å². The molecule has 2 N–H and O–H groups in total. The van der Waals surface area contributed by atoms with Crippen LogP contribution in [-0.2, 0) is 0 Å². The van der Waals surface area contributed by atoms with Crippen LogP contribution in [0.15, 0.2) is 18.2 Å². The van der Waals surface area contributed by atoms with E-state index in [1.165, 1.54) is 0 Å². The van der Waals surface area contributed by atoms with Crippen LogP contribution in [0.25, 0.3) is 0 Å². The van der Waals surface area contributed by atoms with Gasteiger partial charge in [-0.15, -0.1) is 0 Å². The molecule has 0 aliphatic carbocycles. The number of aryl methyl sites for hydroxylation is 1. The molecule has 0 spiro atoms. The highest BCUT2D eigenvalue weighted by Gasteiger charge is 2.19. The summed E-state index contributed by atoms with van der Waals surface area (Å²) in [6.45, 7) is 1.78. The van der Waals surface area contributed by atoms with Crippen molar-refractivity contribution in [2.45, 2.75) is 19.1 Å². The van der Waals surface area contributed by atoms with Crippen LogP contribution < -0.4 is 4.74 Å². The Labute approximate surface area is 88.4 Å². The molecule has 0 bridgehead atoms. The molecule has 0 aliphatic heterocycles. The molecule has 1 rings (SSSR count). The number of aliphatic hydroxyl groups is 2. The van der Waals surface area contributed by atoms with Crippen LogP contribution in [0.4, 0.5) is 0 Å². The van der Waals surface area contributed by atoms with Crippen molar-refractivity contribution < 1.29 is 14.9 Å². The second-order valence-electron chi connectivity index (χ2n) is 3.24. The Morgan fingerprint density at radius 3 is 2.53 bits per heavy atom. The molecule has 0 saturated heterocycles. The average molecular weight is 207 g/mol. The molecule has 0 aliphatic rings. The molecule has 1 aromatic carbocycles. The zero-order valence-corrected chi connectivity index (χ0v) is 8.64. The van der Waals surface area contributed by atoms with E-state index in [-0.39, 0.29) is 0 Å². The van der Waals surface area contributed by atoms with E-state index in [1.807, 2.05) is 0 Å². The Morgan fingerprint density at radius 2 is 2.07 bits per heavy atom. The Bertz CT molecular complexity index is 384. The molecule has 0 saturated carbocycles. The number of ether oxygens (including phenoxy) is 1. The SMILES string of the molecule is COc1ccc(C(O)C(O)C#N)c(C)c1. The first kappa shape index (κ1) is 11.5. The van der Waals surface area contributed by atoms with Crippen molar-refractivity contribution in [3.8, 4) is 11.8 Å². The monoisotopic (exact) mass is 207 g/mol. The van der Waals surface area contributed by atoms with Gasteiger partial charge in [0.2, 0.25) is 0 Å². The number of hydrogen-bond acceptors (Lipinski definition) is 4. The van der Waals surface area contributed by atoms with Gasteiger partial charge in [-0.2, -0.15) is 5.26 Å². The van der Waals surface area contributed by atoms with E-state index in [1.54, 1.807) is 38.3 Å². The highest BCUT2D eigenvalue weighted by molar-refractivity contribution is 5.36. The molecule has 80 valence electrons. The van der Waals surface area contributed by atoms with E-state index in [0.717, 1.165) is 5.56 Å². The van der Waals surface area contributed by atoms with E-state index >= 15 is 0 Å². The number of aliphatic hydroxyl groups excluding tert-OH is 2. The minimum Gasteiger partial charge on any atom is -0.497 e. The maximum atomic E-state index is 9.62. The number of hydrogen-bond donors (Lipinski definition) is 2. The lowest BCUT2D eigenvalue weighted by Gasteiger charge is -2.15. The Kier molecular flexibility index (Phi) is 3.67. The first-order chi connectivity index (χ1) is 7.10. The summed E-state index contributed by atoms with van der Waals surface area (Å²) >= 11 is 0. The molecule has 4 nitrogen and oxygen atoms in total. The Balaban J connectivity index is 3.01. The molecular formula is C11H13NO3. The van der Waals surface area contributed by atoms with Crippen LogP contribution in [0.2, 0.25) is 0 Å². The van der Waals surface area contributed by atoms with Crippen molar-refractivity contribution in [2.75, 3.05) is 7.11 Å². The van der Waals surface area contributed by atoms with Gasteiger partial charge in [0.15, 0.2) is 6.10 Å². The summed E-state index contributed by atoms with van der Waals surface area (Å²) in [5, 5.41) is 27.3. The first-order valence-corrected chi connectivity index (χ1v) is 4.50. The molecule has 2 atom stereocenters. The van der Waals surface area contributed by atoms with Gasteiger partial charge in [0, 0.05) is 0 Å². The predicted molar refractivity (Wildman–Crippen MR) is 54.3 cm³/mol. The molecule has 0 radical (unpaired) electrons. The molecule has 0 heterocycles. The van der Waals surface area contributed by atoms with Crippen LogP contribution in [0.5, 0.6) is 5.75 Å². The van der Waals surface area contributed by atoms with Crippen LogP contribution in [0.3, 0.4) is 0 Å². The van der Waals surface area contributed by atoms with Gasteiger partial charge in [0.1, 0.15) is 11.9 Å². The summed E-state index contributed by atoms with van der Waals surface area (Å²) in [6, 6.07) is 6.65. The van der Waals surface area contributed by atoms with E-state index in [2.05, 4.69) is 0 Å². The van der Waals surface area contributed by atoms with E-state index in [0.29, 0.717) is 11.3 Å². The van der Waals surface area contributed by atoms with Gasteiger partial charge in [-0.05, 0) is 30.2 Å². The lowest BCUT2D eigenvalue weighted by atomic mass is 10.00. The van der Waals surface area contributed by atoms with E-state index < -0.39 is 12.2 Å². The van der Waals surface area contributed by atoms with Gasteiger partial charge in [-0.1, -0.05) is 6.07 Å². The lowest BCUT2D eigenvalue weighted by Crippen LogP contribution is -2.16. The van der Waals surface area contributed by atoms with Crippen molar-refractivity contribution in [1.29, 1.82) is 5.26 Å². The summed E-state index contributed by atoms with van der Waals surface area (Å²) in [5.41, 5.74) is 1.31.